The fourth-order valence-corrected chi connectivity index (χ4v) is 2.73. The molecule has 0 fully saturated rings. The Morgan fingerprint density at radius 3 is 2.07 bits per heavy atom. The lowest BCUT2D eigenvalue weighted by Gasteiger charge is -2.18. The summed E-state index contributed by atoms with van der Waals surface area (Å²) in [6.45, 7) is 8.11. The molecule has 0 unspecified atom stereocenters. The second-order valence-electron chi connectivity index (χ2n) is 6.21. The van der Waals surface area contributed by atoms with Crippen LogP contribution in [-0.2, 0) is 0 Å². The number of ether oxygens (including phenoxy) is 2. The third-order valence-corrected chi connectivity index (χ3v) is 4.41. The average molecular weight is 380 g/mol. The molecule has 0 aromatic heterocycles. The van der Waals surface area contributed by atoms with E-state index >= 15 is 0 Å². The second-order valence-corrected chi connectivity index (χ2v) is 6.21. The van der Waals surface area contributed by atoms with E-state index in [9.17, 15) is 5.26 Å². The topological polar surface area (TPSA) is 65.7 Å². The number of hydrogen-bond donors (Lipinski definition) is 1. The number of allylic oxidation sites excluding steroid dienone is 1. The zero-order valence-electron chi connectivity index (χ0n) is 16.6. The van der Waals surface area contributed by atoms with Crippen LogP contribution in [0.5, 0.6) is 11.5 Å². The number of likely N-dealkylation sites (N-methyl/N-ethyl adjacent to an activating group) is 1. The highest BCUT2D eigenvalue weighted by Crippen LogP contribution is 2.22. The van der Waals surface area contributed by atoms with Gasteiger partial charge < -0.3 is 19.5 Å². The van der Waals surface area contributed by atoms with Crippen LogP contribution in [0.2, 0.25) is 0 Å². The lowest BCUT2D eigenvalue weighted by atomic mass is 10.0. The first-order chi connectivity index (χ1) is 13.7. The quantitative estimate of drug-likeness (QED) is 0.474. The zero-order valence-corrected chi connectivity index (χ0v) is 16.6. The van der Waals surface area contributed by atoms with Crippen molar-refractivity contribution in [1.29, 1.82) is 5.26 Å². The van der Waals surface area contributed by atoms with Crippen LogP contribution in [0.3, 0.4) is 0 Å². The molecule has 2 aromatic rings. The highest BCUT2D eigenvalue weighted by atomic mass is 16.5. The molecule has 0 aliphatic rings. The first-order valence-electron chi connectivity index (χ1n) is 9.61. The van der Waals surface area contributed by atoms with E-state index in [-0.39, 0.29) is 13.2 Å². The van der Waals surface area contributed by atoms with Crippen molar-refractivity contribution >= 4 is 11.6 Å². The van der Waals surface area contributed by atoms with Crippen LogP contribution in [0.15, 0.2) is 48.5 Å². The van der Waals surface area contributed by atoms with E-state index in [4.69, 9.17) is 14.6 Å². The van der Waals surface area contributed by atoms with Crippen LogP contribution in [0, 0.1) is 11.3 Å². The van der Waals surface area contributed by atoms with E-state index in [1.54, 1.807) is 0 Å². The van der Waals surface area contributed by atoms with Gasteiger partial charge in [0.2, 0.25) is 0 Å². The van der Waals surface area contributed by atoms with Gasteiger partial charge >= 0.3 is 0 Å². The number of benzene rings is 2. The average Bonchev–Trinajstić information content (AvgIpc) is 2.75. The summed E-state index contributed by atoms with van der Waals surface area (Å²) in [5.74, 6) is 1.49. The Bertz CT molecular complexity index is 773. The second kappa shape index (κ2) is 11.8. The van der Waals surface area contributed by atoms with Crippen LogP contribution >= 0.6 is 0 Å². The van der Waals surface area contributed by atoms with Crippen LogP contribution in [0.1, 0.15) is 25.0 Å². The van der Waals surface area contributed by atoms with E-state index < -0.39 is 0 Å². The lowest BCUT2D eigenvalue weighted by molar-refractivity contribution is 0.201. The minimum atomic E-state index is -0.0184. The van der Waals surface area contributed by atoms with Crippen molar-refractivity contribution in [3.63, 3.8) is 0 Å². The lowest BCUT2D eigenvalue weighted by Crippen LogP contribution is -2.27. The van der Waals surface area contributed by atoms with Crippen LogP contribution in [-0.4, -0.2) is 49.5 Å². The highest BCUT2D eigenvalue weighted by Gasteiger charge is 2.04. The van der Waals surface area contributed by atoms with Crippen molar-refractivity contribution in [3.8, 4) is 17.6 Å². The summed E-state index contributed by atoms with van der Waals surface area (Å²) in [5, 5.41) is 18.3. The molecular weight excluding hydrogens is 352 g/mol. The summed E-state index contributed by atoms with van der Waals surface area (Å²) in [7, 11) is 0. The van der Waals surface area contributed by atoms with Crippen molar-refractivity contribution < 1.29 is 14.6 Å². The monoisotopic (exact) mass is 380 g/mol. The normalized spacial score (nSPS) is 11.3. The summed E-state index contributed by atoms with van der Waals surface area (Å²) >= 11 is 0. The Morgan fingerprint density at radius 2 is 1.54 bits per heavy atom. The molecule has 0 heterocycles. The molecule has 0 aliphatic heterocycles. The minimum Gasteiger partial charge on any atom is -0.492 e. The van der Waals surface area contributed by atoms with Gasteiger partial charge in [0.15, 0.2) is 0 Å². The van der Waals surface area contributed by atoms with Gasteiger partial charge in [-0.2, -0.15) is 5.26 Å². The predicted molar refractivity (Wildman–Crippen MR) is 112 cm³/mol. The smallest absolute Gasteiger partial charge is 0.119 e. The fourth-order valence-electron chi connectivity index (χ4n) is 2.73. The highest BCUT2D eigenvalue weighted by molar-refractivity contribution is 5.89. The number of rotatable bonds is 11. The van der Waals surface area contributed by atoms with Crippen molar-refractivity contribution in [1.82, 2.24) is 4.90 Å². The summed E-state index contributed by atoms with van der Waals surface area (Å²) in [4.78, 5) is 2.31. The largest absolute Gasteiger partial charge is 0.492 e. The summed E-state index contributed by atoms with van der Waals surface area (Å²) in [5.41, 5.74) is 2.34. The first-order valence-corrected chi connectivity index (χ1v) is 9.61. The van der Waals surface area contributed by atoms with Crippen molar-refractivity contribution in [3.05, 3.63) is 59.7 Å². The molecule has 5 heteroatoms. The van der Waals surface area contributed by atoms with Gasteiger partial charge in [-0.1, -0.05) is 26.0 Å². The van der Waals surface area contributed by atoms with Gasteiger partial charge in [0, 0.05) is 6.54 Å². The van der Waals surface area contributed by atoms with Crippen LogP contribution < -0.4 is 9.47 Å². The molecule has 1 N–H and O–H groups in total. The molecule has 0 saturated heterocycles. The summed E-state index contributed by atoms with van der Waals surface area (Å²) < 4.78 is 11.1. The summed E-state index contributed by atoms with van der Waals surface area (Å²) in [6, 6.07) is 17.3. The van der Waals surface area contributed by atoms with Crippen molar-refractivity contribution in [2.45, 2.75) is 13.8 Å². The fraction of sp³-hybridized carbons (Fsp3) is 0.348. The third-order valence-electron chi connectivity index (χ3n) is 4.41. The number of aliphatic hydroxyl groups excluding tert-OH is 1. The van der Waals surface area contributed by atoms with Crippen molar-refractivity contribution in [2.24, 2.45) is 0 Å². The van der Waals surface area contributed by atoms with Gasteiger partial charge in [0.1, 0.15) is 24.7 Å². The molecule has 0 radical (unpaired) electrons. The maximum absolute atomic E-state index is 9.53. The SMILES string of the molecule is CCN(CC)CCOc1ccc(/C(C#N)=C\c2ccc(OCCO)cc2)cc1. The molecule has 5 nitrogen and oxygen atoms in total. The molecule has 2 aromatic carbocycles. The molecule has 0 aliphatic carbocycles. The van der Waals surface area contributed by atoms with E-state index in [1.165, 1.54) is 0 Å². The number of aliphatic hydroxyl groups is 1. The molecule has 2 rings (SSSR count). The number of nitriles is 1. The third kappa shape index (κ3) is 6.73. The molecule has 0 amide bonds. The maximum Gasteiger partial charge on any atom is 0.119 e. The minimum absolute atomic E-state index is 0.0184. The maximum atomic E-state index is 9.53. The summed E-state index contributed by atoms with van der Waals surface area (Å²) in [6.07, 6.45) is 1.84. The molecule has 148 valence electrons. The van der Waals surface area contributed by atoms with Gasteiger partial charge in [-0.15, -0.1) is 0 Å². The van der Waals surface area contributed by atoms with Gasteiger partial charge in [0.05, 0.1) is 18.2 Å². The Kier molecular flexibility index (Phi) is 9.06. The standard InChI is InChI=1S/C23H28N2O3/c1-3-25(4-2)13-15-27-23-11-7-20(8-12-23)21(18-24)17-19-5-9-22(10-6-19)28-16-14-26/h5-12,17,26H,3-4,13-16H2,1-2H3/b21-17-. The number of hydrogen-bond acceptors (Lipinski definition) is 5. The molecule has 0 atom stereocenters. The van der Waals surface area contributed by atoms with Crippen LogP contribution in [0.4, 0.5) is 0 Å². The van der Waals surface area contributed by atoms with Gasteiger partial charge in [-0.05, 0) is 66.7 Å². The molecule has 0 spiro atoms. The zero-order chi connectivity index (χ0) is 20.2. The predicted octanol–water partition coefficient (Wildman–Crippen LogP) is 3.84. The van der Waals surface area contributed by atoms with E-state index in [0.29, 0.717) is 17.9 Å². The Morgan fingerprint density at radius 1 is 0.964 bits per heavy atom. The Hall–Kier alpha value is -2.81. The van der Waals surface area contributed by atoms with Gasteiger partial charge in [0.25, 0.3) is 0 Å². The van der Waals surface area contributed by atoms with Crippen molar-refractivity contribution in [2.75, 3.05) is 39.5 Å². The van der Waals surface area contributed by atoms with E-state index in [1.807, 2.05) is 54.6 Å². The molecular formula is C23H28N2O3. The van der Waals surface area contributed by atoms with Gasteiger partial charge in [-0.3, -0.25) is 0 Å². The Labute approximate surface area is 167 Å². The molecule has 0 bridgehead atoms. The van der Waals surface area contributed by atoms with Gasteiger partial charge in [-0.25, -0.2) is 0 Å². The molecule has 0 saturated carbocycles. The van der Waals surface area contributed by atoms with Crippen LogP contribution in [0.25, 0.3) is 11.6 Å². The molecule has 28 heavy (non-hydrogen) atoms. The Balaban J connectivity index is 2.00. The first kappa shape index (κ1) is 21.5. The number of nitrogens with zero attached hydrogens (tertiary/aromatic N) is 2. The van der Waals surface area contributed by atoms with E-state index in [2.05, 4.69) is 24.8 Å². The van der Waals surface area contributed by atoms with E-state index in [0.717, 1.165) is 36.5 Å².